The summed E-state index contributed by atoms with van der Waals surface area (Å²) >= 11 is 3.34. The highest BCUT2D eigenvalue weighted by molar-refractivity contribution is 9.10. The second-order valence-electron chi connectivity index (χ2n) is 5.39. The molecule has 0 saturated heterocycles. The second kappa shape index (κ2) is 5.85. The van der Waals surface area contributed by atoms with Gasteiger partial charge in [0, 0.05) is 28.4 Å². The SMILES string of the molecule is CC(CS(C)(=O)=O)N(C(=O)c1ccc(Br)cc1)C1CC1. The molecular weight excluding hydrogens is 342 g/mol. The highest BCUT2D eigenvalue weighted by Crippen LogP contribution is 2.30. The smallest absolute Gasteiger partial charge is 0.254 e. The van der Waals surface area contributed by atoms with E-state index < -0.39 is 9.84 Å². The van der Waals surface area contributed by atoms with E-state index in [1.54, 1.807) is 24.0 Å². The van der Waals surface area contributed by atoms with Crippen molar-refractivity contribution in [2.75, 3.05) is 12.0 Å². The van der Waals surface area contributed by atoms with Crippen LogP contribution in [0, 0.1) is 0 Å². The van der Waals surface area contributed by atoms with E-state index in [1.807, 2.05) is 12.1 Å². The summed E-state index contributed by atoms with van der Waals surface area (Å²) in [4.78, 5) is 14.3. The van der Waals surface area contributed by atoms with Gasteiger partial charge in [0.25, 0.3) is 5.91 Å². The Kier molecular flexibility index (Phi) is 4.54. The van der Waals surface area contributed by atoms with Crippen LogP contribution in [0.3, 0.4) is 0 Å². The first-order chi connectivity index (χ1) is 9.28. The molecule has 1 saturated carbocycles. The second-order valence-corrected chi connectivity index (χ2v) is 8.49. The Bertz CT molecular complexity index is 593. The van der Waals surface area contributed by atoms with Crippen molar-refractivity contribution < 1.29 is 13.2 Å². The van der Waals surface area contributed by atoms with Crippen LogP contribution in [-0.2, 0) is 9.84 Å². The number of hydrogen-bond acceptors (Lipinski definition) is 3. The number of halogens is 1. The van der Waals surface area contributed by atoms with Gasteiger partial charge in [0.05, 0.1) is 5.75 Å². The fourth-order valence-electron chi connectivity index (χ4n) is 2.34. The van der Waals surface area contributed by atoms with E-state index in [0.717, 1.165) is 17.3 Å². The summed E-state index contributed by atoms with van der Waals surface area (Å²) < 4.78 is 23.8. The van der Waals surface area contributed by atoms with Crippen molar-refractivity contribution in [3.05, 3.63) is 34.3 Å². The predicted octanol–water partition coefficient (Wildman–Crippen LogP) is 2.49. The topological polar surface area (TPSA) is 54.5 Å². The van der Waals surface area contributed by atoms with Gasteiger partial charge in [0.2, 0.25) is 0 Å². The van der Waals surface area contributed by atoms with E-state index in [2.05, 4.69) is 15.9 Å². The predicted molar refractivity (Wildman–Crippen MR) is 82.5 cm³/mol. The lowest BCUT2D eigenvalue weighted by molar-refractivity contribution is 0.0693. The first-order valence-corrected chi connectivity index (χ1v) is 9.39. The lowest BCUT2D eigenvalue weighted by Gasteiger charge is -2.29. The minimum absolute atomic E-state index is 0.00572. The summed E-state index contributed by atoms with van der Waals surface area (Å²) in [5, 5.41) is 0. The first kappa shape index (κ1) is 15.5. The maximum Gasteiger partial charge on any atom is 0.254 e. The van der Waals surface area contributed by atoms with Gasteiger partial charge in [-0.1, -0.05) is 15.9 Å². The molecule has 1 aromatic carbocycles. The van der Waals surface area contributed by atoms with Gasteiger partial charge in [0.15, 0.2) is 0 Å². The molecule has 110 valence electrons. The number of benzene rings is 1. The van der Waals surface area contributed by atoms with Crippen LogP contribution in [0.25, 0.3) is 0 Å². The van der Waals surface area contributed by atoms with Crippen molar-refractivity contribution >= 4 is 31.7 Å². The molecule has 1 aromatic rings. The van der Waals surface area contributed by atoms with Gasteiger partial charge in [0.1, 0.15) is 9.84 Å². The number of hydrogen-bond donors (Lipinski definition) is 0. The van der Waals surface area contributed by atoms with Gasteiger partial charge in [-0.15, -0.1) is 0 Å². The summed E-state index contributed by atoms with van der Waals surface area (Å²) in [5.41, 5.74) is 0.598. The summed E-state index contributed by atoms with van der Waals surface area (Å²) in [5.74, 6) is -0.0812. The standard InChI is InChI=1S/C14H18BrNO3S/c1-10(9-20(2,18)19)16(13-7-8-13)14(17)11-3-5-12(15)6-4-11/h3-6,10,13H,7-9H2,1-2H3. The molecule has 1 aliphatic rings. The van der Waals surface area contributed by atoms with Crippen molar-refractivity contribution in [2.45, 2.75) is 31.8 Å². The third kappa shape index (κ3) is 4.06. The quantitative estimate of drug-likeness (QED) is 0.811. The summed E-state index contributed by atoms with van der Waals surface area (Å²) in [6, 6.07) is 7.04. The number of carbonyl (C=O) groups is 1. The van der Waals surface area contributed by atoms with E-state index in [4.69, 9.17) is 0 Å². The lowest BCUT2D eigenvalue weighted by atomic mass is 10.1. The van der Waals surface area contributed by atoms with Crippen molar-refractivity contribution in [2.24, 2.45) is 0 Å². The highest BCUT2D eigenvalue weighted by atomic mass is 79.9. The average Bonchev–Trinajstić information content (AvgIpc) is 3.12. The maximum absolute atomic E-state index is 12.6. The first-order valence-electron chi connectivity index (χ1n) is 6.54. The Balaban J connectivity index is 2.20. The summed E-state index contributed by atoms with van der Waals surface area (Å²) in [6.45, 7) is 1.80. The number of carbonyl (C=O) groups excluding carboxylic acids is 1. The van der Waals surface area contributed by atoms with Crippen LogP contribution >= 0.6 is 15.9 Å². The minimum Gasteiger partial charge on any atom is -0.332 e. The molecule has 1 aliphatic carbocycles. The molecule has 0 heterocycles. The van der Waals surface area contributed by atoms with Gasteiger partial charge in [-0.3, -0.25) is 4.79 Å². The van der Waals surface area contributed by atoms with Gasteiger partial charge in [-0.05, 0) is 44.0 Å². The van der Waals surface area contributed by atoms with Crippen LogP contribution < -0.4 is 0 Å². The van der Waals surface area contributed by atoms with Crippen LogP contribution in [0.4, 0.5) is 0 Å². The third-order valence-electron chi connectivity index (χ3n) is 3.28. The summed E-state index contributed by atoms with van der Waals surface area (Å²) in [6.07, 6.45) is 3.12. The summed E-state index contributed by atoms with van der Waals surface area (Å²) in [7, 11) is -3.10. The Morgan fingerprint density at radius 2 is 1.90 bits per heavy atom. The third-order valence-corrected chi connectivity index (χ3v) is 4.90. The fraction of sp³-hybridized carbons (Fsp3) is 0.500. The van der Waals surface area contributed by atoms with Gasteiger partial charge in [-0.2, -0.15) is 0 Å². The fourth-order valence-corrected chi connectivity index (χ4v) is 3.64. The van der Waals surface area contributed by atoms with Crippen molar-refractivity contribution in [3.63, 3.8) is 0 Å². The van der Waals surface area contributed by atoms with Crippen LogP contribution in [0.1, 0.15) is 30.1 Å². The van der Waals surface area contributed by atoms with E-state index in [9.17, 15) is 13.2 Å². The highest BCUT2D eigenvalue weighted by Gasteiger charge is 2.37. The molecular formula is C14H18BrNO3S. The molecule has 1 atom stereocenters. The number of nitrogens with zero attached hydrogens (tertiary/aromatic N) is 1. The molecule has 0 N–H and O–H groups in total. The molecule has 4 nitrogen and oxygen atoms in total. The van der Waals surface area contributed by atoms with Crippen LogP contribution in [0.15, 0.2) is 28.7 Å². The van der Waals surface area contributed by atoms with E-state index in [1.165, 1.54) is 6.26 Å². The maximum atomic E-state index is 12.6. The van der Waals surface area contributed by atoms with E-state index in [0.29, 0.717) is 5.56 Å². The molecule has 0 spiro atoms. The Hall–Kier alpha value is -0.880. The van der Waals surface area contributed by atoms with Crippen molar-refractivity contribution in [3.8, 4) is 0 Å². The van der Waals surface area contributed by atoms with E-state index in [-0.39, 0.29) is 23.7 Å². The van der Waals surface area contributed by atoms with E-state index >= 15 is 0 Å². The zero-order chi connectivity index (χ0) is 14.9. The Labute approximate surface area is 128 Å². The minimum atomic E-state index is -3.10. The zero-order valence-corrected chi connectivity index (χ0v) is 13.9. The van der Waals surface area contributed by atoms with Crippen LogP contribution in [0.2, 0.25) is 0 Å². The van der Waals surface area contributed by atoms with Crippen molar-refractivity contribution in [1.82, 2.24) is 4.90 Å². The van der Waals surface area contributed by atoms with Gasteiger partial charge < -0.3 is 4.90 Å². The molecule has 0 aromatic heterocycles. The molecule has 2 rings (SSSR count). The average molecular weight is 360 g/mol. The molecule has 1 unspecified atom stereocenters. The molecule has 20 heavy (non-hydrogen) atoms. The number of sulfone groups is 1. The molecule has 0 bridgehead atoms. The zero-order valence-electron chi connectivity index (χ0n) is 11.5. The van der Waals surface area contributed by atoms with Crippen LogP contribution in [-0.4, -0.2) is 43.3 Å². The van der Waals surface area contributed by atoms with Gasteiger partial charge in [-0.25, -0.2) is 8.42 Å². The lowest BCUT2D eigenvalue weighted by Crippen LogP contribution is -2.43. The number of amides is 1. The van der Waals surface area contributed by atoms with Crippen LogP contribution in [0.5, 0.6) is 0 Å². The van der Waals surface area contributed by atoms with Gasteiger partial charge >= 0.3 is 0 Å². The molecule has 0 aliphatic heterocycles. The Morgan fingerprint density at radius 1 is 1.35 bits per heavy atom. The van der Waals surface area contributed by atoms with Crippen molar-refractivity contribution in [1.29, 1.82) is 0 Å². The molecule has 6 heteroatoms. The molecule has 1 amide bonds. The largest absolute Gasteiger partial charge is 0.332 e. The molecule has 1 fully saturated rings. The Morgan fingerprint density at radius 3 is 2.35 bits per heavy atom. The number of rotatable bonds is 5. The monoisotopic (exact) mass is 359 g/mol. The molecule has 0 radical (unpaired) electrons. The normalized spacial score (nSPS) is 16.8.